The number of benzene rings is 1. The summed E-state index contributed by atoms with van der Waals surface area (Å²) < 4.78 is 8.01. The molecule has 0 N–H and O–H groups in total. The number of nitriles is 1. The summed E-state index contributed by atoms with van der Waals surface area (Å²) in [5, 5.41) is 10.3. The van der Waals surface area contributed by atoms with Crippen LogP contribution in [-0.4, -0.2) is 32.7 Å². The van der Waals surface area contributed by atoms with Gasteiger partial charge in [-0.15, -0.1) is 0 Å². The van der Waals surface area contributed by atoms with E-state index >= 15 is 0 Å². The highest BCUT2D eigenvalue weighted by Crippen LogP contribution is 2.38. The summed E-state index contributed by atoms with van der Waals surface area (Å²) in [6.07, 6.45) is 7.10. The molecular weight excluding hydrogens is 446 g/mol. The summed E-state index contributed by atoms with van der Waals surface area (Å²) in [4.78, 5) is 14.3. The molecular formula is C27H32ClN5O. The number of fused-ring (bicyclic) bond motifs is 1. The van der Waals surface area contributed by atoms with Crippen molar-refractivity contribution in [3.05, 3.63) is 40.9 Å². The van der Waals surface area contributed by atoms with Gasteiger partial charge < -0.3 is 9.30 Å². The molecule has 0 bridgehead atoms. The number of halogens is 1. The van der Waals surface area contributed by atoms with Crippen molar-refractivity contribution < 1.29 is 4.74 Å². The van der Waals surface area contributed by atoms with E-state index in [2.05, 4.69) is 34.5 Å². The van der Waals surface area contributed by atoms with Gasteiger partial charge in [-0.2, -0.15) is 10.2 Å². The monoisotopic (exact) mass is 477 g/mol. The average Bonchev–Trinajstić information content (AvgIpc) is 3.23. The summed E-state index contributed by atoms with van der Waals surface area (Å²) >= 11 is 6.34. The molecule has 7 heteroatoms. The smallest absolute Gasteiger partial charge is 0.234 e. The van der Waals surface area contributed by atoms with Crippen LogP contribution in [0.5, 0.6) is 0 Å². The molecule has 6 nitrogen and oxygen atoms in total. The van der Waals surface area contributed by atoms with E-state index in [0.717, 1.165) is 61.1 Å². The fourth-order valence-corrected chi connectivity index (χ4v) is 5.86. The molecule has 0 amide bonds. The third-order valence-electron chi connectivity index (χ3n) is 7.79. The van der Waals surface area contributed by atoms with Gasteiger partial charge >= 0.3 is 0 Å². The number of imidazole rings is 1. The van der Waals surface area contributed by atoms with Gasteiger partial charge in [0, 0.05) is 36.3 Å². The van der Waals surface area contributed by atoms with Crippen molar-refractivity contribution in [2.45, 2.75) is 64.8 Å². The van der Waals surface area contributed by atoms with E-state index in [9.17, 15) is 5.26 Å². The number of aromatic nitrogens is 4. The average molecular weight is 478 g/mol. The van der Waals surface area contributed by atoms with Gasteiger partial charge in [0.05, 0.1) is 0 Å². The maximum Gasteiger partial charge on any atom is 0.234 e. The highest BCUT2D eigenvalue weighted by molar-refractivity contribution is 6.30. The first-order chi connectivity index (χ1) is 16.5. The van der Waals surface area contributed by atoms with E-state index in [4.69, 9.17) is 21.3 Å². The van der Waals surface area contributed by atoms with Crippen LogP contribution in [0.15, 0.2) is 24.3 Å². The fraction of sp³-hybridized carbons (Fsp3) is 0.556. The molecule has 1 aliphatic carbocycles. The van der Waals surface area contributed by atoms with Gasteiger partial charge in [-0.05, 0) is 55.6 Å². The van der Waals surface area contributed by atoms with Gasteiger partial charge in [0.25, 0.3) is 0 Å². The molecule has 0 spiro atoms. The number of hydrogen-bond acceptors (Lipinski definition) is 5. The fourth-order valence-electron chi connectivity index (χ4n) is 5.67. The van der Waals surface area contributed by atoms with Crippen LogP contribution in [0.25, 0.3) is 22.4 Å². The Bertz CT molecular complexity index is 1200. The molecule has 34 heavy (non-hydrogen) atoms. The van der Waals surface area contributed by atoms with Gasteiger partial charge in [0.1, 0.15) is 23.1 Å². The van der Waals surface area contributed by atoms with Crippen molar-refractivity contribution in [1.82, 2.24) is 19.5 Å². The third kappa shape index (κ3) is 4.69. The molecule has 5 rings (SSSR count). The lowest BCUT2D eigenvalue weighted by Crippen LogP contribution is -2.24. The van der Waals surface area contributed by atoms with Crippen LogP contribution in [0, 0.1) is 29.1 Å². The van der Waals surface area contributed by atoms with Crippen LogP contribution in [0.1, 0.15) is 69.9 Å². The normalized spacial score (nSPS) is 22.5. The standard InChI is InChI=1S/C27H32ClN5O/c1-17-6-8-19(9-7-17)16-33-25-24(21-4-3-5-22(28)14-21)30-23(15-29)31-26(25)32-27(33)18(2)20-10-12-34-13-11-20/h3-5,14,17-20H,6-13,16H2,1-2H3. The molecule has 3 heterocycles. The largest absolute Gasteiger partial charge is 0.381 e. The highest BCUT2D eigenvalue weighted by atomic mass is 35.5. The van der Waals surface area contributed by atoms with E-state index in [1.54, 1.807) is 0 Å². The Hall–Kier alpha value is -2.49. The zero-order valence-corrected chi connectivity index (χ0v) is 20.8. The van der Waals surface area contributed by atoms with E-state index in [0.29, 0.717) is 22.5 Å². The summed E-state index contributed by atoms with van der Waals surface area (Å²) in [5.41, 5.74) is 3.17. The van der Waals surface area contributed by atoms with Crippen LogP contribution in [0.2, 0.25) is 5.02 Å². The van der Waals surface area contributed by atoms with Crippen LogP contribution in [0.3, 0.4) is 0 Å². The quantitative estimate of drug-likeness (QED) is 0.426. The van der Waals surface area contributed by atoms with Gasteiger partial charge in [-0.25, -0.2) is 9.97 Å². The minimum absolute atomic E-state index is 0.142. The number of hydrogen-bond donors (Lipinski definition) is 0. The minimum atomic E-state index is 0.142. The molecule has 1 saturated carbocycles. The Labute approximate surface area is 206 Å². The Morgan fingerprint density at radius 3 is 2.59 bits per heavy atom. The maximum absolute atomic E-state index is 9.65. The summed E-state index contributed by atoms with van der Waals surface area (Å²) in [7, 11) is 0. The molecule has 2 aromatic heterocycles. The predicted octanol–water partition coefficient (Wildman–Crippen LogP) is 6.37. The Kier molecular flexibility index (Phi) is 6.85. The Morgan fingerprint density at radius 1 is 1.12 bits per heavy atom. The van der Waals surface area contributed by atoms with Crippen LogP contribution in [-0.2, 0) is 11.3 Å². The van der Waals surface area contributed by atoms with Crippen molar-refractivity contribution in [1.29, 1.82) is 5.26 Å². The molecule has 1 aromatic carbocycles. The van der Waals surface area contributed by atoms with Gasteiger partial charge in [0.2, 0.25) is 5.82 Å². The molecule has 2 fully saturated rings. The molecule has 1 aliphatic heterocycles. The Morgan fingerprint density at radius 2 is 1.88 bits per heavy atom. The Balaban J connectivity index is 1.67. The highest BCUT2D eigenvalue weighted by Gasteiger charge is 2.30. The predicted molar refractivity (Wildman–Crippen MR) is 134 cm³/mol. The minimum Gasteiger partial charge on any atom is -0.381 e. The maximum atomic E-state index is 9.65. The van der Waals surface area contributed by atoms with Crippen molar-refractivity contribution in [2.75, 3.05) is 13.2 Å². The summed E-state index contributed by atoms with van der Waals surface area (Å²) in [6.45, 7) is 7.17. The molecule has 0 radical (unpaired) electrons. The van der Waals surface area contributed by atoms with E-state index in [1.165, 1.54) is 25.7 Å². The lowest BCUT2D eigenvalue weighted by molar-refractivity contribution is 0.0583. The zero-order chi connectivity index (χ0) is 23.7. The second-order valence-corrected chi connectivity index (χ2v) is 10.6. The molecule has 178 valence electrons. The first-order valence-electron chi connectivity index (χ1n) is 12.6. The van der Waals surface area contributed by atoms with E-state index in [-0.39, 0.29) is 11.7 Å². The van der Waals surface area contributed by atoms with E-state index in [1.807, 2.05) is 24.3 Å². The lowest BCUT2D eigenvalue weighted by atomic mass is 9.82. The van der Waals surface area contributed by atoms with Gasteiger partial charge in [-0.1, -0.05) is 50.4 Å². The molecule has 1 saturated heterocycles. The number of ether oxygens (including phenoxy) is 1. The van der Waals surface area contributed by atoms with Gasteiger partial charge in [-0.3, -0.25) is 0 Å². The molecule has 1 atom stereocenters. The van der Waals surface area contributed by atoms with Crippen LogP contribution < -0.4 is 0 Å². The lowest BCUT2D eigenvalue weighted by Gasteiger charge is -2.30. The SMILES string of the molecule is CC1CCC(Cn2c(C(C)C3CCOCC3)nc3nc(C#N)nc(-c4cccc(Cl)c4)c32)CC1. The number of nitrogens with zero attached hydrogens (tertiary/aromatic N) is 5. The van der Waals surface area contributed by atoms with Crippen molar-refractivity contribution in [3.8, 4) is 17.3 Å². The zero-order valence-electron chi connectivity index (χ0n) is 20.0. The van der Waals surface area contributed by atoms with Gasteiger partial charge in [0.15, 0.2) is 5.65 Å². The first-order valence-corrected chi connectivity index (χ1v) is 12.9. The van der Waals surface area contributed by atoms with Crippen molar-refractivity contribution >= 4 is 22.8 Å². The first kappa shape index (κ1) is 23.3. The van der Waals surface area contributed by atoms with Crippen molar-refractivity contribution in [2.24, 2.45) is 17.8 Å². The van der Waals surface area contributed by atoms with E-state index < -0.39 is 0 Å². The summed E-state index contributed by atoms with van der Waals surface area (Å²) in [5.74, 6) is 3.42. The second kappa shape index (κ2) is 10.0. The topological polar surface area (TPSA) is 76.6 Å². The third-order valence-corrected chi connectivity index (χ3v) is 8.02. The summed E-state index contributed by atoms with van der Waals surface area (Å²) in [6, 6.07) is 9.81. The second-order valence-electron chi connectivity index (χ2n) is 10.1. The molecule has 3 aromatic rings. The molecule has 2 aliphatic rings. The van der Waals surface area contributed by atoms with Crippen LogP contribution >= 0.6 is 11.6 Å². The van der Waals surface area contributed by atoms with Crippen molar-refractivity contribution in [3.63, 3.8) is 0 Å². The number of rotatable bonds is 5. The van der Waals surface area contributed by atoms with Crippen LogP contribution in [0.4, 0.5) is 0 Å². The molecule has 1 unspecified atom stereocenters.